The number of nitrogens with zero attached hydrogens (tertiary/aromatic N) is 4. The molecule has 4 rings (SSSR count). The molecule has 8 nitrogen and oxygen atoms in total. The maximum absolute atomic E-state index is 12.9. The number of imidazole rings is 1. The van der Waals surface area contributed by atoms with E-state index in [4.69, 9.17) is 4.74 Å². The van der Waals surface area contributed by atoms with Crippen LogP contribution in [0.4, 0.5) is 0 Å². The number of thiophene rings is 1. The third-order valence-electron chi connectivity index (χ3n) is 5.61. The molecule has 0 spiro atoms. The summed E-state index contributed by atoms with van der Waals surface area (Å²) >= 11 is 1.51. The monoisotopic (exact) mass is 451 g/mol. The molecular weight excluding hydrogens is 426 g/mol. The van der Waals surface area contributed by atoms with Gasteiger partial charge in [-0.05, 0) is 37.1 Å². The Balaban J connectivity index is 1.53. The van der Waals surface area contributed by atoms with E-state index in [2.05, 4.69) is 15.3 Å². The minimum absolute atomic E-state index is 0.111. The number of hydrogen-bond acceptors (Lipinski definition) is 6. The van der Waals surface area contributed by atoms with Crippen LogP contribution in [0.3, 0.4) is 0 Å². The van der Waals surface area contributed by atoms with Crippen LogP contribution in [0.2, 0.25) is 0 Å². The van der Waals surface area contributed by atoms with Crippen LogP contribution >= 0.6 is 11.3 Å². The zero-order valence-corrected chi connectivity index (χ0v) is 19.3. The topological polar surface area (TPSA) is 91.0 Å². The number of carbonyl (C=O) groups is 1. The molecule has 0 aliphatic rings. The Bertz CT molecular complexity index is 1320. The highest BCUT2D eigenvalue weighted by molar-refractivity contribution is 7.18. The Labute approximate surface area is 189 Å². The van der Waals surface area contributed by atoms with Gasteiger partial charge in [-0.1, -0.05) is 12.1 Å². The minimum Gasteiger partial charge on any atom is -0.497 e. The number of benzene rings is 1. The fourth-order valence-corrected chi connectivity index (χ4v) is 4.62. The summed E-state index contributed by atoms with van der Waals surface area (Å²) < 4.78 is 8.62. The molecule has 0 bridgehead atoms. The lowest BCUT2D eigenvalue weighted by molar-refractivity contribution is -0.121. The molecule has 32 heavy (non-hydrogen) atoms. The molecule has 3 heterocycles. The van der Waals surface area contributed by atoms with Gasteiger partial charge >= 0.3 is 0 Å². The van der Waals surface area contributed by atoms with E-state index in [1.165, 1.54) is 22.2 Å². The first-order valence-electron chi connectivity index (χ1n) is 10.2. The molecule has 0 saturated heterocycles. The fraction of sp³-hybridized carbons (Fsp3) is 0.304. The van der Waals surface area contributed by atoms with E-state index in [-0.39, 0.29) is 24.4 Å². The van der Waals surface area contributed by atoms with Gasteiger partial charge in [-0.25, -0.2) is 9.97 Å². The summed E-state index contributed by atoms with van der Waals surface area (Å²) in [5, 5.41) is 3.70. The van der Waals surface area contributed by atoms with Gasteiger partial charge in [-0.3, -0.25) is 14.2 Å². The smallest absolute Gasteiger partial charge is 0.262 e. The number of fused-ring (bicyclic) bond motifs is 1. The van der Waals surface area contributed by atoms with Gasteiger partial charge in [0, 0.05) is 37.3 Å². The molecule has 0 aliphatic carbocycles. The van der Waals surface area contributed by atoms with E-state index in [0.717, 1.165) is 26.6 Å². The van der Waals surface area contributed by atoms with Crippen molar-refractivity contribution in [1.82, 2.24) is 24.4 Å². The van der Waals surface area contributed by atoms with Gasteiger partial charge in [0.2, 0.25) is 5.91 Å². The largest absolute Gasteiger partial charge is 0.497 e. The maximum Gasteiger partial charge on any atom is 0.262 e. The Hall–Kier alpha value is -3.46. The molecule has 9 heteroatoms. The van der Waals surface area contributed by atoms with Crippen LogP contribution in [0, 0.1) is 13.8 Å². The molecule has 1 N–H and O–H groups in total. The first-order chi connectivity index (χ1) is 15.4. The minimum atomic E-state index is -0.424. The summed E-state index contributed by atoms with van der Waals surface area (Å²) in [7, 11) is 3.50. The van der Waals surface area contributed by atoms with Crippen LogP contribution in [0.5, 0.6) is 5.75 Å². The molecule has 1 aromatic carbocycles. The third-order valence-corrected chi connectivity index (χ3v) is 6.72. The molecule has 166 valence electrons. The van der Waals surface area contributed by atoms with E-state index in [9.17, 15) is 9.59 Å². The number of amides is 1. The van der Waals surface area contributed by atoms with Crippen molar-refractivity contribution in [2.24, 2.45) is 7.05 Å². The zero-order valence-electron chi connectivity index (χ0n) is 18.5. The highest BCUT2D eigenvalue weighted by atomic mass is 32.1. The van der Waals surface area contributed by atoms with E-state index in [0.29, 0.717) is 11.2 Å². The molecule has 3 aromatic heterocycles. The van der Waals surface area contributed by atoms with Crippen molar-refractivity contribution in [1.29, 1.82) is 0 Å². The molecular formula is C23H25N5O3S. The van der Waals surface area contributed by atoms with Crippen LogP contribution in [0.25, 0.3) is 10.2 Å². The van der Waals surface area contributed by atoms with E-state index >= 15 is 0 Å². The standard InChI is InChI=1S/C23H25N5O3S/c1-14-15(2)32-22-19(14)23(30)28(13-25-22)11-9-18(29)26-20(21-24-10-12-27(21)3)16-5-7-17(31-4)8-6-16/h5-8,10,12-13,20H,9,11H2,1-4H3,(H,26,29)/t20-/m0/s1. The molecule has 0 radical (unpaired) electrons. The van der Waals surface area contributed by atoms with Gasteiger partial charge in [0.25, 0.3) is 5.56 Å². The SMILES string of the molecule is COc1ccc([C@H](NC(=O)CCn2cnc3sc(C)c(C)c3c2=O)c2nccn2C)cc1. The van der Waals surface area contributed by atoms with Crippen LogP contribution in [0.1, 0.15) is 34.3 Å². The summed E-state index contributed by atoms with van der Waals surface area (Å²) in [5.41, 5.74) is 1.73. The van der Waals surface area contributed by atoms with Crippen LogP contribution < -0.4 is 15.6 Å². The Kier molecular flexibility index (Phi) is 6.09. The molecule has 1 atom stereocenters. The highest BCUT2D eigenvalue weighted by Gasteiger charge is 2.21. The summed E-state index contributed by atoms with van der Waals surface area (Å²) in [6, 6.07) is 7.09. The second-order valence-corrected chi connectivity index (χ2v) is 8.83. The number of ether oxygens (including phenoxy) is 1. The number of aryl methyl sites for hydroxylation is 4. The number of hydrogen-bond donors (Lipinski definition) is 1. The first-order valence-corrected chi connectivity index (χ1v) is 11.1. The van der Waals surface area contributed by atoms with E-state index in [1.54, 1.807) is 13.3 Å². The van der Waals surface area contributed by atoms with Gasteiger partial charge in [0.1, 0.15) is 22.4 Å². The van der Waals surface area contributed by atoms with E-state index in [1.807, 2.05) is 55.9 Å². The third kappa shape index (κ3) is 4.16. The second-order valence-electron chi connectivity index (χ2n) is 7.63. The summed E-state index contributed by atoms with van der Waals surface area (Å²) in [6.07, 6.45) is 5.20. The van der Waals surface area contributed by atoms with Crippen molar-refractivity contribution in [2.45, 2.75) is 32.9 Å². The van der Waals surface area contributed by atoms with Crippen molar-refractivity contribution >= 4 is 27.5 Å². The van der Waals surface area contributed by atoms with Crippen LogP contribution in [0.15, 0.2) is 47.8 Å². The average Bonchev–Trinajstić information content (AvgIpc) is 3.34. The Morgan fingerprint density at radius 3 is 2.62 bits per heavy atom. The van der Waals surface area contributed by atoms with Gasteiger partial charge < -0.3 is 14.6 Å². The second kappa shape index (κ2) is 8.96. The number of carbonyl (C=O) groups excluding carboxylic acids is 1. The van der Waals surface area contributed by atoms with Crippen molar-refractivity contribution in [3.63, 3.8) is 0 Å². The summed E-state index contributed by atoms with van der Waals surface area (Å²) in [5.74, 6) is 1.27. The molecule has 0 unspecified atom stereocenters. The molecule has 0 fully saturated rings. The first kappa shape index (κ1) is 21.8. The van der Waals surface area contributed by atoms with Crippen molar-refractivity contribution in [3.8, 4) is 5.75 Å². The molecule has 1 amide bonds. The summed E-state index contributed by atoms with van der Waals surface area (Å²) in [4.78, 5) is 36.4. The average molecular weight is 452 g/mol. The lowest BCUT2D eigenvalue weighted by atomic mass is 10.1. The van der Waals surface area contributed by atoms with Gasteiger partial charge in [0.15, 0.2) is 0 Å². The van der Waals surface area contributed by atoms with Crippen molar-refractivity contribution in [3.05, 3.63) is 75.2 Å². The zero-order chi connectivity index (χ0) is 22.8. The van der Waals surface area contributed by atoms with Crippen molar-refractivity contribution < 1.29 is 9.53 Å². The highest BCUT2D eigenvalue weighted by Crippen LogP contribution is 2.26. The normalized spacial score (nSPS) is 12.1. The van der Waals surface area contributed by atoms with Crippen molar-refractivity contribution in [2.75, 3.05) is 7.11 Å². The van der Waals surface area contributed by atoms with Gasteiger partial charge in [0.05, 0.1) is 18.8 Å². The number of methoxy groups -OCH3 is 1. The maximum atomic E-state index is 12.9. The molecule has 4 aromatic rings. The predicted octanol–water partition coefficient (Wildman–Crippen LogP) is 3.11. The van der Waals surface area contributed by atoms with Crippen LogP contribution in [-0.4, -0.2) is 32.1 Å². The van der Waals surface area contributed by atoms with Crippen LogP contribution in [-0.2, 0) is 18.4 Å². The lowest BCUT2D eigenvalue weighted by Crippen LogP contribution is -2.32. The van der Waals surface area contributed by atoms with E-state index < -0.39 is 6.04 Å². The van der Waals surface area contributed by atoms with Gasteiger partial charge in [-0.15, -0.1) is 11.3 Å². The number of nitrogens with one attached hydrogen (secondary N) is 1. The lowest BCUT2D eigenvalue weighted by Gasteiger charge is -2.19. The Morgan fingerprint density at radius 1 is 1.22 bits per heavy atom. The Morgan fingerprint density at radius 2 is 1.97 bits per heavy atom. The fourth-order valence-electron chi connectivity index (χ4n) is 3.63. The quantitative estimate of drug-likeness (QED) is 0.466. The molecule has 0 saturated carbocycles. The number of aromatic nitrogens is 4. The van der Waals surface area contributed by atoms with Gasteiger partial charge in [-0.2, -0.15) is 0 Å². The predicted molar refractivity (Wildman–Crippen MR) is 124 cm³/mol. The number of rotatable bonds is 7. The molecule has 0 aliphatic heterocycles. The summed E-state index contributed by atoms with van der Waals surface area (Å²) in [6.45, 7) is 4.16.